The van der Waals surface area contributed by atoms with Crippen molar-refractivity contribution in [2.75, 3.05) is 12.3 Å². The molecule has 0 amide bonds. The van der Waals surface area contributed by atoms with Gasteiger partial charge >= 0.3 is 0 Å². The summed E-state index contributed by atoms with van der Waals surface area (Å²) < 4.78 is 32.6. The van der Waals surface area contributed by atoms with Crippen LogP contribution in [0.4, 0.5) is 5.82 Å². The van der Waals surface area contributed by atoms with E-state index in [1.165, 1.54) is 0 Å². The van der Waals surface area contributed by atoms with Crippen LogP contribution >= 0.6 is 0 Å². The molecular formula is C36H67N7O4Si3. The summed E-state index contributed by atoms with van der Waals surface area (Å²) in [5.41, 5.74) is 8.51. The topological polar surface area (TPSA) is 124 Å². The predicted molar refractivity (Wildman–Crippen MR) is 212 cm³/mol. The van der Waals surface area contributed by atoms with Crippen LogP contribution in [0.3, 0.4) is 0 Å². The molecule has 4 rings (SSSR count). The number of nitrogens with zero attached hydrogens (tertiary/aromatic N) is 6. The predicted octanol–water partition coefficient (Wildman–Crippen LogP) is 9.16. The first kappa shape index (κ1) is 40.8. The SMILES string of the molecule is CCCCCn1cc(-c2nc(N)c3ncn(C4O[C@H](CO[Si](C)(C)C(C)(C)C)[C@@H](O[Si](C)(C)C(C)(C)C)[C@H]4O[Si](C)(C)C(C)(C)C)c3n2)cn1. The Bertz CT molecular complexity index is 1600. The van der Waals surface area contributed by atoms with Crippen molar-refractivity contribution in [2.24, 2.45) is 0 Å². The lowest BCUT2D eigenvalue weighted by molar-refractivity contribution is -0.0470. The van der Waals surface area contributed by atoms with Crippen molar-refractivity contribution in [2.45, 2.75) is 174 Å². The maximum atomic E-state index is 7.37. The van der Waals surface area contributed by atoms with Crippen molar-refractivity contribution in [1.82, 2.24) is 29.3 Å². The van der Waals surface area contributed by atoms with Gasteiger partial charge in [-0.3, -0.25) is 9.25 Å². The number of aromatic nitrogens is 6. The van der Waals surface area contributed by atoms with Gasteiger partial charge in [0.05, 0.1) is 24.7 Å². The first-order valence-corrected chi connectivity index (χ1v) is 27.2. The van der Waals surface area contributed by atoms with E-state index in [4.69, 9.17) is 33.7 Å². The van der Waals surface area contributed by atoms with Gasteiger partial charge in [-0.25, -0.2) is 15.0 Å². The number of nitrogen functional groups attached to an aromatic ring is 1. The molecule has 3 aromatic heterocycles. The molecule has 4 heterocycles. The molecule has 4 atom stereocenters. The zero-order chi connectivity index (χ0) is 37.7. The van der Waals surface area contributed by atoms with E-state index < -0.39 is 37.3 Å². The molecule has 282 valence electrons. The van der Waals surface area contributed by atoms with E-state index in [1.54, 1.807) is 12.5 Å². The number of ether oxygens (including phenoxy) is 1. The first-order valence-electron chi connectivity index (χ1n) is 18.5. The second-order valence-electron chi connectivity index (χ2n) is 18.8. The van der Waals surface area contributed by atoms with Gasteiger partial charge < -0.3 is 23.7 Å². The Morgan fingerprint density at radius 2 is 1.40 bits per heavy atom. The highest BCUT2D eigenvalue weighted by Crippen LogP contribution is 2.47. The maximum Gasteiger partial charge on any atom is 0.192 e. The second kappa shape index (κ2) is 14.5. The fraction of sp³-hybridized carbons (Fsp3) is 0.778. The van der Waals surface area contributed by atoms with Gasteiger partial charge in [-0.05, 0) is 60.8 Å². The summed E-state index contributed by atoms with van der Waals surface area (Å²) in [5, 5.41) is 4.57. The first-order chi connectivity index (χ1) is 22.8. The maximum absolute atomic E-state index is 7.37. The molecule has 50 heavy (non-hydrogen) atoms. The van der Waals surface area contributed by atoms with Crippen LogP contribution in [0.1, 0.15) is 94.7 Å². The van der Waals surface area contributed by atoms with Crippen molar-refractivity contribution in [3.05, 3.63) is 18.7 Å². The van der Waals surface area contributed by atoms with Crippen molar-refractivity contribution < 1.29 is 18.0 Å². The van der Waals surface area contributed by atoms with Gasteiger partial charge in [0.25, 0.3) is 0 Å². The summed E-state index contributed by atoms with van der Waals surface area (Å²) in [6, 6.07) is 0. The zero-order valence-corrected chi connectivity index (χ0v) is 37.0. The van der Waals surface area contributed by atoms with Gasteiger partial charge in [-0.1, -0.05) is 82.1 Å². The number of hydrogen-bond acceptors (Lipinski definition) is 9. The molecule has 0 radical (unpaired) electrons. The third kappa shape index (κ3) is 8.63. The Kier molecular flexibility index (Phi) is 11.8. The number of nitrogens with two attached hydrogens (primary N) is 1. The Morgan fingerprint density at radius 1 is 0.820 bits per heavy atom. The van der Waals surface area contributed by atoms with Crippen molar-refractivity contribution >= 4 is 41.9 Å². The summed E-state index contributed by atoms with van der Waals surface area (Å²) in [4.78, 5) is 14.4. The van der Waals surface area contributed by atoms with Gasteiger partial charge in [0.2, 0.25) is 0 Å². The molecule has 1 unspecified atom stereocenters. The highest BCUT2D eigenvalue weighted by molar-refractivity contribution is 6.75. The molecule has 0 spiro atoms. The molecule has 0 aliphatic carbocycles. The number of imidazole rings is 1. The van der Waals surface area contributed by atoms with E-state index in [9.17, 15) is 0 Å². The smallest absolute Gasteiger partial charge is 0.192 e. The van der Waals surface area contributed by atoms with Crippen LogP contribution in [0, 0.1) is 0 Å². The van der Waals surface area contributed by atoms with Gasteiger partial charge in [0, 0.05) is 12.7 Å². The van der Waals surface area contributed by atoms with Gasteiger partial charge in [-0.15, -0.1) is 0 Å². The van der Waals surface area contributed by atoms with E-state index in [0.29, 0.717) is 29.4 Å². The van der Waals surface area contributed by atoms with Crippen molar-refractivity contribution in [1.29, 1.82) is 0 Å². The summed E-state index contributed by atoms with van der Waals surface area (Å²) >= 11 is 0. The summed E-state index contributed by atoms with van der Waals surface area (Å²) in [5.74, 6) is 0.819. The standard InChI is InChI=1S/C36H67N7O4Si3/c1-17-18-19-20-42-22-25(21-39-42)31-40-30(37)27-32(41-31)43(24-38-27)33-29(47-50(15,16)36(8,9)10)28(46-49(13,14)35(5,6)7)26(45-33)23-44-48(11,12)34(2,3)4/h21-22,24,26,28-29,33H,17-20,23H2,1-16H3,(H2,37,40,41)/t26-,28-,29-,33?/m1/s1. The lowest BCUT2D eigenvalue weighted by Gasteiger charge is -2.44. The highest BCUT2D eigenvalue weighted by atomic mass is 28.4. The quantitative estimate of drug-likeness (QED) is 0.135. The normalized spacial score (nSPS) is 21.4. The van der Waals surface area contributed by atoms with Gasteiger partial charge in [-0.2, -0.15) is 5.10 Å². The Labute approximate surface area is 304 Å². The van der Waals surface area contributed by atoms with Crippen LogP contribution in [0.5, 0.6) is 0 Å². The Balaban J connectivity index is 1.84. The molecule has 1 saturated heterocycles. The minimum absolute atomic E-state index is 0.0172. The molecule has 0 bridgehead atoms. The molecule has 1 aliphatic heterocycles. The average Bonchev–Trinajstić information content (AvgIpc) is 3.68. The van der Waals surface area contributed by atoms with Crippen LogP contribution in [-0.2, 0) is 24.6 Å². The monoisotopic (exact) mass is 745 g/mol. The number of unbranched alkanes of at least 4 members (excludes halogenated alkanes) is 2. The Morgan fingerprint density at radius 3 is 1.96 bits per heavy atom. The zero-order valence-electron chi connectivity index (χ0n) is 34.0. The van der Waals surface area contributed by atoms with Gasteiger partial charge in [0.15, 0.2) is 48.5 Å². The molecule has 11 nitrogen and oxygen atoms in total. The van der Waals surface area contributed by atoms with Crippen molar-refractivity contribution in [3.63, 3.8) is 0 Å². The molecule has 1 aliphatic rings. The minimum Gasteiger partial charge on any atom is -0.414 e. The molecular weight excluding hydrogens is 679 g/mol. The minimum atomic E-state index is -2.34. The number of rotatable bonds is 13. The highest BCUT2D eigenvalue weighted by Gasteiger charge is 2.55. The van der Waals surface area contributed by atoms with Crippen molar-refractivity contribution in [3.8, 4) is 11.4 Å². The molecule has 3 aromatic rings. The number of aryl methyl sites for hydroxylation is 1. The van der Waals surface area contributed by atoms with Crippen LogP contribution in [0.15, 0.2) is 18.7 Å². The third-order valence-corrected chi connectivity index (χ3v) is 25.2. The number of anilines is 1. The molecule has 14 heteroatoms. The fourth-order valence-electron chi connectivity index (χ4n) is 5.25. The summed E-state index contributed by atoms with van der Waals surface area (Å²) in [6.07, 6.45) is 7.21. The summed E-state index contributed by atoms with van der Waals surface area (Å²) in [7, 11) is -6.74. The third-order valence-electron chi connectivity index (χ3n) is 11.8. The van der Waals surface area contributed by atoms with Crippen LogP contribution in [-0.4, -0.2) is 79.2 Å². The number of hydrogen-bond donors (Lipinski definition) is 1. The average molecular weight is 746 g/mol. The van der Waals surface area contributed by atoms with E-state index in [0.717, 1.165) is 31.4 Å². The van der Waals surface area contributed by atoms with E-state index in [2.05, 4.69) is 119 Å². The number of fused-ring (bicyclic) bond motifs is 1. The largest absolute Gasteiger partial charge is 0.414 e. The van der Waals surface area contributed by atoms with E-state index in [1.807, 2.05) is 15.4 Å². The van der Waals surface area contributed by atoms with Gasteiger partial charge in [0.1, 0.15) is 23.8 Å². The van der Waals surface area contributed by atoms with Crippen LogP contribution in [0.2, 0.25) is 54.4 Å². The molecule has 0 saturated carbocycles. The lowest BCUT2D eigenvalue weighted by atomic mass is 10.1. The van der Waals surface area contributed by atoms with E-state index in [-0.39, 0.29) is 27.3 Å². The molecule has 2 N–H and O–H groups in total. The summed E-state index contributed by atoms with van der Waals surface area (Å²) in [6.45, 7) is 37.6. The second-order valence-corrected chi connectivity index (χ2v) is 33.1. The molecule has 1 fully saturated rings. The molecule has 0 aromatic carbocycles. The van der Waals surface area contributed by atoms with Crippen LogP contribution < -0.4 is 5.73 Å². The lowest BCUT2D eigenvalue weighted by Crippen LogP contribution is -2.54. The van der Waals surface area contributed by atoms with E-state index >= 15 is 0 Å². The fourth-order valence-corrected chi connectivity index (χ4v) is 8.87. The Hall–Kier alpha value is -1.95. The van der Waals surface area contributed by atoms with Crippen LogP contribution in [0.25, 0.3) is 22.6 Å².